The first kappa shape index (κ1) is 32.7. The van der Waals surface area contributed by atoms with Gasteiger partial charge in [0.15, 0.2) is 0 Å². The van der Waals surface area contributed by atoms with Gasteiger partial charge in [0.05, 0.1) is 0 Å². The van der Waals surface area contributed by atoms with E-state index in [1.165, 1.54) is 157 Å². The van der Waals surface area contributed by atoms with Gasteiger partial charge >= 0.3 is 0 Å². The van der Waals surface area contributed by atoms with Crippen LogP contribution in [0, 0.1) is 0 Å². The van der Waals surface area contributed by atoms with E-state index in [1.807, 2.05) is 22.7 Å². The SMILES string of the molecule is CCCCCCCCCCc1ccc(-c2ccc(-c3ccc(-c4ccc(CCCCCCCCCC)cc4)s3)s2)cc1. The van der Waals surface area contributed by atoms with Gasteiger partial charge in [0.25, 0.3) is 0 Å². The second-order valence-corrected chi connectivity index (χ2v) is 14.3. The fraction of sp³-hybridized carbons (Fsp3) is 0.500. The van der Waals surface area contributed by atoms with E-state index >= 15 is 0 Å². The molecule has 0 aliphatic carbocycles. The summed E-state index contributed by atoms with van der Waals surface area (Å²) in [5.41, 5.74) is 5.64. The fourth-order valence-corrected chi connectivity index (χ4v) is 7.96. The number of unbranched alkanes of at least 4 members (excludes halogenated alkanes) is 14. The van der Waals surface area contributed by atoms with Crippen molar-refractivity contribution in [3.05, 3.63) is 83.9 Å². The minimum atomic E-state index is 1.21. The average Bonchev–Trinajstić information content (AvgIpc) is 3.71. The minimum Gasteiger partial charge on any atom is -0.134 e. The summed E-state index contributed by atoms with van der Waals surface area (Å²) in [6, 6.07) is 27.9. The van der Waals surface area contributed by atoms with E-state index in [9.17, 15) is 0 Å². The van der Waals surface area contributed by atoms with Crippen LogP contribution in [-0.4, -0.2) is 0 Å². The second-order valence-electron chi connectivity index (χ2n) is 12.2. The molecular formula is C40H54S2. The Morgan fingerprint density at radius 2 is 0.643 bits per heavy atom. The molecule has 0 unspecified atom stereocenters. The van der Waals surface area contributed by atoms with E-state index in [2.05, 4.69) is 86.6 Å². The van der Waals surface area contributed by atoms with Crippen molar-refractivity contribution >= 4 is 22.7 Å². The lowest BCUT2D eigenvalue weighted by Gasteiger charge is -2.04. The van der Waals surface area contributed by atoms with Gasteiger partial charge in [0.2, 0.25) is 0 Å². The van der Waals surface area contributed by atoms with Gasteiger partial charge in [-0.1, -0.05) is 152 Å². The van der Waals surface area contributed by atoms with Crippen LogP contribution >= 0.6 is 22.7 Å². The summed E-state index contributed by atoms with van der Waals surface area (Å²) in [7, 11) is 0. The van der Waals surface area contributed by atoms with Crippen LogP contribution in [0.5, 0.6) is 0 Å². The lowest BCUT2D eigenvalue weighted by Crippen LogP contribution is -1.86. The van der Waals surface area contributed by atoms with Crippen molar-refractivity contribution < 1.29 is 0 Å². The van der Waals surface area contributed by atoms with Crippen molar-refractivity contribution in [2.75, 3.05) is 0 Å². The Balaban J connectivity index is 1.20. The third kappa shape index (κ3) is 11.2. The van der Waals surface area contributed by atoms with Crippen molar-refractivity contribution in [3.63, 3.8) is 0 Å². The van der Waals surface area contributed by atoms with E-state index < -0.39 is 0 Å². The summed E-state index contributed by atoms with van der Waals surface area (Å²) in [5, 5.41) is 0. The molecule has 2 heteroatoms. The molecule has 4 aromatic rings. The Kier molecular flexibility index (Phi) is 15.0. The number of benzene rings is 2. The van der Waals surface area contributed by atoms with Crippen molar-refractivity contribution in [2.45, 2.75) is 129 Å². The first-order valence-electron chi connectivity index (χ1n) is 17.2. The van der Waals surface area contributed by atoms with Gasteiger partial charge in [-0.05, 0) is 72.2 Å². The molecule has 0 N–H and O–H groups in total. The molecule has 0 saturated heterocycles. The molecule has 0 amide bonds. The van der Waals surface area contributed by atoms with Crippen LogP contribution in [0.4, 0.5) is 0 Å². The molecule has 0 saturated carbocycles. The molecule has 0 atom stereocenters. The highest BCUT2D eigenvalue weighted by molar-refractivity contribution is 7.25. The van der Waals surface area contributed by atoms with E-state index in [0.29, 0.717) is 0 Å². The van der Waals surface area contributed by atoms with Crippen LogP contribution in [0.3, 0.4) is 0 Å². The van der Waals surface area contributed by atoms with Gasteiger partial charge in [0.1, 0.15) is 0 Å². The maximum Gasteiger partial charge on any atom is 0.0449 e. The molecule has 226 valence electrons. The third-order valence-corrected chi connectivity index (χ3v) is 11.0. The van der Waals surface area contributed by atoms with Crippen molar-refractivity contribution in [1.29, 1.82) is 0 Å². The summed E-state index contributed by atoms with van der Waals surface area (Å²) in [6.45, 7) is 4.58. The number of thiophene rings is 2. The number of rotatable bonds is 21. The summed E-state index contributed by atoms with van der Waals surface area (Å²) >= 11 is 3.83. The van der Waals surface area contributed by atoms with Gasteiger partial charge in [-0.3, -0.25) is 0 Å². The number of aryl methyl sites for hydroxylation is 2. The Morgan fingerprint density at radius 3 is 1.00 bits per heavy atom. The highest BCUT2D eigenvalue weighted by Crippen LogP contribution is 2.40. The zero-order valence-electron chi connectivity index (χ0n) is 26.5. The average molecular weight is 599 g/mol. The molecule has 0 spiro atoms. The van der Waals surface area contributed by atoms with Gasteiger partial charge in [-0.15, -0.1) is 22.7 Å². The number of hydrogen-bond acceptors (Lipinski definition) is 2. The predicted octanol–water partition coefficient (Wildman–Crippen LogP) is 14.2. The van der Waals surface area contributed by atoms with E-state index in [4.69, 9.17) is 0 Å². The van der Waals surface area contributed by atoms with Gasteiger partial charge < -0.3 is 0 Å². The quantitative estimate of drug-likeness (QED) is 0.0837. The van der Waals surface area contributed by atoms with Gasteiger partial charge in [-0.25, -0.2) is 0 Å². The normalized spacial score (nSPS) is 11.4. The fourth-order valence-electron chi connectivity index (χ4n) is 5.85. The smallest absolute Gasteiger partial charge is 0.0449 e. The van der Waals surface area contributed by atoms with Crippen molar-refractivity contribution in [1.82, 2.24) is 0 Å². The summed E-state index contributed by atoms with van der Waals surface area (Å²) in [6.07, 6.45) is 24.6. The van der Waals surface area contributed by atoms with Crippen LogP contribution in [0.2, 0.25) is 0 Å². The lowest BCUT2D eigenvalue weighted by molar-refractivity contribution is 0.575. The topological polar surface area (TPSA) is 0 Å². The third-order valence-electron chi connectivity index (χ3n) is 8.57. The Hall–Kier alpha value is -2.16. The molecule has 0 radical (unpaired) electrons. The van der Waals surface area contributed by atoms with Crippen LogP contribution in [-0.2, 0) is 12.8 Å². The molecule has 0 aliphatic rings. The summed E-state index contributed by atoms with van der Waals surface area (Å²) in [4.78, 5) is 5.47. The molecule has 0 bridgehead atoms. The summed E-state index contributed by atoms with van der Waals surface area (Å²) in [5.74, 6) is 0. The highest BCUT2D eigenvalue weighted by atomic mass is 32.1. The zero-order valence-corrected chi connectivity index (χ0v) is 28.1. The van der Waals surface area contributed by atoms with E-state index in [0.717, 1.165) is 0 Å². The molecular weight excluding hydrogens is 545 g/mol. The standard InChI is InChI=1S/C40H54S2/c1-3-5-7-9-11-13-15-17-19-33-21-25-35(26-22-33)37-29-31-39(41-37)40-32-30-38(42-40)36-27-23-34(24-28-36)20-18-16-14-12-10-8-6-4-2/h21-32H,3-20H2,1-2H3. The molecule has 2 heterocycles. The Morgan fingerprint density at radius 1 is 0.333 bits per heavy atom. The van der Waals surface area contributed by atoms with Crippen molar-refractivity contribution in [2.24, 2.45) is 0 Å². The number of hydrogen-bond donors (Lipinski definition) is 0. The van der Waals surface area contributed by atoms with E-state index in [-0.39, 0.29) is 0 Å². The van der Waals surface area contributed by atoms with Gasteiger partial charge in [-0.2, -0.15) is 0 Å². The summed E-state index contributed by atoms with van der Waals surface area (Å²) < 4.78 is 0. The molecule has 0 nitrogen and oxygen atoms in total. The first-order valence-corrected chi connectivity index (χ1v) is 18.8. The molecule has 42 heavy (non-hydrogen) atoms. The maximum atomic E-state index is 2.34. The maximum absolute atomic E-state index is 2.34. The molecule has 0 aliphatic heterocycles. The lowest BCUT2D eigenvalue weighted by atomic mass is 10.0. The minimum absolute atomic E-state index is 1.21. The van der Waals surface area contributed by atoms with Crippen molar-refractivity contribution in [3.8, 4) is 30.6 Å². The van der Waals surface area contributed by atoms with Gasteiger partial charge in [0, 0.05) is 19.5 Å². The molecule has 2 aromatic carbocycles. The first-order chi connectivity index (χ1) is 20.8. The van der Waals surface area contributed by atoms with Crippen LogP contribution < -0.4 is 0 Å². The Labute approximate surface area is 265 Å². The predicted molar refractivity (Wildman–Crippen MR) is 191 cm³/mol. The molecule has 2 aromatic heterocycles. The second kappa shape index (κ2) is 19.2. The molecule has 4 rings (SSSR count). The van der Waals surface area contributed by atoms with Crippen LogP contribution in [0.25, 0.3) is 30.6 Å². The van der Waals surface area contributed by atoms with Crippen LogP contribution in [0.1, 0.15) is 128 Å². The largest absolute Gasteiger partial charge is 0.134 e. The van der Waals surface area contributed by atoms with Crippen LogP contribution in [0.15, 0.2) is 72.8 Å². The molecule has 0 fully saturated rings. The highest BCUT2D eigenvalue weighted by Gasteiger charge is 2.09. The van der Waals surface area contributed by atoms with E-state index in [1.54, 1.807) is 0 Å². The Bertz CT molecular complexity index is 1140. The monoisotopic (exact) mass is 598 g/mol. The zero-order chi connectivity index (χ0) is 29.2.